The van der Waals surface area contributed by atoms with Crippen molar-refractivity contribution >= 4 is 32.7 Å². The molecular weight excluding hydrogens is 381 g/mol. The van der Waals surface area contributed by atoms with Crippen molar-refractivity contribution in [3.63, 3.8) is 0 Å². The van der Waals surface area contributed by atoms with Crippen LogP contribution in [0.25, 0.3) is 15.3 Å². The summed E-state index contributed by atoms with van der Waals surface area (Å²) in [5.74, 6) is 0.891. The van der Waals surface area contributed by atoms with E-state index >= 15 is 0 Å². The summed E-state index contributed by atoms with van der Waals surface area (Å²) in [6.45, 7) is 11.2. The third-order valence-corrected chi connectivity index (χ3v) is 11.4. The van der Waals surface area contributed by atoms with Gasteiger partial charge in [-0.3, -0.25) is 0 Å². The molecule has 0 saturated carbocycles. The van der Waals surface area contributed by atoms with Gasteiger partial charge in [-0.05, 0) is 0 Å². The molecule has 126 valence electrons. The minimum absolute atomic E-state index is 0.00941. The molecular formula is C19H23NO2SeSi. The van der Waals surface area contributed by atoms with E-state index in [-0.39, 0.29) is 25.3 Å². The van der Waals surface area contributed by atoms with Crippen LogP contribution in [0, 0.1) is 0 Å². The van der Waals surface area contributed by atoms with Crippen molar-refractivity contribution in [1.82, 2.24) is 3.56 Å². The summed E-state index contributed by atoms with van der Waals surface area (Å²) in [4.78, 5) is 12.6. The van der Waals surface area contributed by atoms with E-state index in [1.54, 1.807) is 0 Å². The quantitative estimate of drug-likeness (QED) is 0.605. The molecule has 3 aromatic rings. The number of nitrogens with zero attached hydrogens (tertiary/aromatic N) is 1. The second kappa shape index (κ2) is 6.07. The van der Waals surface area contributed by atoms with Crippen molar-refractivity contribution in [2.75, 3.05) is 0 Å². The van der Waals surface area contributed by atoms with E-state index < -0.39 is 8.32 Å². The van der Waals surface area contributed by atoms with Gasteiger partial charge in [0.15, 0.2) is 0 Å². The standard InChI is InChI=1S/C19H23NO2SeSi/c1-19(2,3)24(4,5)22-15-12-10-14(11-13-15)20-18(21)16-8-6-7-9-17(16)23-20/h6-13H,1-5H3. The van der Waals surface area contributed by atoms with Gasteiger partial charge in [0.2, 0.25) is 0 Å². The minimum atomic E-state index is -1.84. The van der Waals surface area contributed by atoms with E-state index in [0.717, 1.165) is 21.1 Å². The molecule has 0 spiro atoms. The Kier molecular flexibility index (Phi) is 4.37. The van der Waals surface area contributed by atoms with Crippen LogP contribution in [-0.2, 0) is 0 Å². The molecule has 0 saturated heterocycles. The van der Waals surface area contributed by atoms with Crippen LogP contribution in [0.2, 0.25) is 18.1 Å². The molecule has 0 bridgehead atoms. The molecule has 0 fully saturated rings. The molecule has 0 aliphatic rings. The van der Waals surface area contributed by atoms with Gasteiger partial charge in [0, 0.05) is 0 Å². The fourth-order valence-electron chi connectivity index (χ4n) is 2.24. The molecule has 0 aliphatic heterocycles. The summed E-state index contributed by atoms with van der Waals surface area (Å²) in [6.07, 6.45) is 0. The molecule has 3 nitrogen and oxygen atoms in total. The first-order valence-electron chi connectivity index (χ1n) is 8.10. The number of rotatable bonds is 3. The van der Waals surface area contributed by atoms with Crippen molar-refractivity contribution in [3.05, 3.63) is 58.9 Å². The van der Waals surface area contributed by atoms with Gasteiger partial charge in [-0.25, -0.2) is 0 Å². The summed E-state index contributed by atoms with van der Waals surface area (Å²) in [7, 11) is -1.84. The monoisotopic (exact) mass is 405 g/mol. The molecule has 0 N–H and O–H groups in total. The number of fused-ring (bicyclic) bond motifs is 1. The molecule has 24 heavy (non-hydrogen) atoms. The molecule has 0 amide bonds. The zero-order chi connectivity index (χ0) is 17.5. The molecule has 1 heterocycles. The van der Waals surface area contributed by atoms with E-state index in [9.17, 15) is 4.79 Å². The van der Waals surface area contributed by atoms with Gasteiger partial charge >= 0.3 is 150 Å². The Hall–Kier alpha value is -1.55. The van der Waals surface area contributed by atoms with Crippen molar-refractivity contribution in [3.8, 4) is 11.4 Å². The first kappa shape index (κ1) is 17.3. The maximum atomic E-state index is 12.6. The third kappa shape index (κ3) is 3.16. The molecule has 0 unspecified atom stereocenters. The Morgan fingerprint density at radius 1 is 1.00 bits per heavy atom. The van der Waals surface area contributed by atoms with Crippen LogP contribution in [0.1, 0.15) is 20.8 Å². The molecule has 3 rings (SSSR count). The van der Waals surface area contributed by atoms with E-state index in [0.29, 0.717) is 0 Å². The van der Waals surface area contributed by atoms with Crippen LogP contribution in [0.15, 0.2) is 53.3 Å². The van der Waals surface area contributed by atoms with Crippen LogP contribution < -0.4 is 9.99 Å². The average molecular weight is 404 g/mol. The van der Waals surface area contributed by atoms with Gasteiger partial charge < -0.3 is 0 Å². The van der Waals surface area contributed by atoms with Crippen LogP contribution >= 0.6 is 0 Å². The Bertz CT molecular complexity index is 917. The first-order valence-corrected chi connectivity index (χ1v) is 12.6. The summed E-state index contributed by atoms with van der Waals surface area (Å²) in [6, 6.07) is 15.8. The van der Waals surface area contributed by atoms with Crippen LogP contribution in [-0.4, -0.2) is 26.6 Å². The topological polar surface area (TPSA) is 31.2 Å². The van der Waals surface area contributed by atoms with Gasteiger partial charge in [0.1, 0.15) is 0 Å². The molecule has 2 aromatic carbocycles. The van der Waals surface area contributed by atoms with Crippen molar-refractivity contribution in [2.24, 2.45) is 0 Å². The van der Waals surface area contributed by atoms with E-state index in [2.05, 4.69) is 33.9 Å². The first-order chi connectivity index (χ1) is 11.2. The summed E-state index contributed by atoms with van der Waals surface area (Å²) < 4.78 is 9.35. The SMILES string of the molecule is CC(C)(C)[Si](C)(C)Oc1ccc(-n2[se]c3ccccc3c2=O)cc1. The second-order valence-electron chi connectivity index (χ2n) is 7.54. The van der Waals surface area contributed by atoms with Gasteiger partial charge in [0.05, 0.1) is 0 Å². The number of hydrogen-bond acceptors (Lipinski definition) is 2. The van der Waals surface area contributed by atoms with Gasteiger partial charge in [-0.15, -0.1) is 0 Å². The number of aromatic nitrogens is 1. The Balaban J connectivity index is 1.92. The Morgan fingerprint density at radius 3 is 2.21 bits per heavy atom. The third-order valence-electron chi connectivity index (χ3n) is 4.74. The molecule has 0 aliphatic carbocycles. The number of hydrogen-bond donors (Lipinski definition) is 0. The summed E-state index contributed by atoms with van der Waals surface area (Å²) >= 11 is 0.00941. The van der Waals surface area contributed by atoms with Crippen molar-refractivity contribution in [1.29, 1.82) is 0 Å². The predicted octanol–water partition coefficient (Wildman–Crippen LogP) is 4.43. The molecule has 0 atom stereocenters. The van der Waals surface area contributed by atoms with Gasteiger partial charge in [-0.2, -0.15) is 0 Å². The zero-order valence-corrected chi connectivity index (χ0v) is 17.5. The summed E-state index contributed by atoms with van der Waals surface area (Å²) in [5.41, 5.74) is 1.04. The van der Waals surface area contributed by atoms with Crippen molar-refractivity contribution in [2.45, 2.75) is 38.9 Å². The van der Waals surface area contributed by atoms with Crippen LogP contribution in [0.4, 0.5) is 0 Å². The van der Waals surface area contributed by atoms with Crippen molar-refractivity contribution < 1.29 is 4.43 Å². The number of benzene rings is 2. The van der Waals surface area contributed by atoms with Gasteiger partial charge in [-0.1, -0.05) is 0 Å². The summed E-state index contributed by atoms with van der Waals surface area (Å²) in [5, 5.41) is 1.00. The molecule has 0 radical (unpaired) electrons. The van der Waals surface area contributed by atoms with Gasteiger partial charge in [0.25, 0.3) is 0 Å². The fourth-order valence-corrected chi connectivity index (χ4v) is 5.37. The average Bonchev–Trinajstić information content (AvgIpc) is 2.84. The van der Waals surface area contributed by atoms with E-state index in [1.165, 1.54) is 0 Å². The zero-order valence-electron chi connectivity index (χ0n) is 14.8. The molecule has 5 heteroatoms. The van der Waals surface area contributed by atoms with E-state index in [4.69, 9.17) is 4.43 Å². The van der Waals surface area contributed by atoms with Crippen LogP contribution in [0.5, 0.6) is 5.75 Å². The Labute approximate surface area is 150 Å². The normalized spacial score (nSPS) is 12.5. The Morgan fingerprint density at radius 2 is 1.62 bits per heavy atom. The fraction of sp³-hybridized carbons (Fsp3) is 0.316. The second-order valence-corrected chi connectivity index (χ2v) is 14.3. The maximum absolute atomic E-state index is 12.6. The van der Waals surface area contributed by atoms with E-state index in [1.807, 2.05) is 52.1 Å². The molecule has 1 aromatic heterocycles. The van der Waals surface area contributed by atoms with Crippen LogP contribution in [0.3, 0.4) is 0 Å². The predicted molar refractivity (Wildman–Crippen MR) is 104 cm³/mol.